The molecule has 3 N–H and O–H groups in total. The molecular weight excluding hydrogens is 270 g/mol. The summed E-state index contributed by atoms with van der Waals surface area (Å²) in [5.41, 5.74) is 6.82. The first-order valence-electron chi connectivity index (χ1n) is 7.30. The zero-order valence-electron chi connectivity index (χ0n) is 12.6. The third kappa shape index (κ3) is 4.04. The lowest BCUT2D eigenvalue weighted by Gasteiger charge is -2.16. The Balaban J connectivity index is 1.94. The Hall–Kier alpha value is -1.89. The summed E-state index contributed by atoms with van der Waals surface area (Å²) in [7, 11) is 1.63. The third-order valence-corrected chi connectivity index (χ3v) is 3.58. The zero-order valence-corrected chi connectivity index (χ0v) is 12.6. The van der Waals surface area contributed by atoms with Gasteiger partial charge in [-0.25, -0.2) is 0 Å². The van der Waals surface area contributed by atoms with Gasteiger partial charge in [-0.2, -0.15) is 5.10 Å². The highest BCUT2D eigenvalue weighted by atomic mass is 16.2. The van der Waals surface area contributed by atoms with Crippen LogP contribution in [0.5, 0.6) is 0 Å². The summed E-state index contributed by atoms with van der Waals surface area (Å²) in [4.78, 5) is 25.5. The summed E-state index contributed by atoms with van der Waals surface area (Å²) in [6, 6.07) is 0.307. The van der Waals surface area contributed by atoms with Gasteiger partial charge in [0.25, 0.3) is 5.91 Å². The molecule has 0 radical (unpaired) electrons. The Morgan fingerprint density at radius 3 is 2.86 bits per heavy atom. The summed E-state index contributed by atoms with van der Waals surface area (Å²) in [5.74, 6) is -0.293. The van der Waals surface area contributed by atoms with E-state index in [1.54, 1.807) is 17.9 Å². The van der Waals surface area contributed by atoms with Crippen molar-refractivity contribution in [2.24, 2.45) is 5.73 Å². The molecular formula is C14H23N5O2. The second kappa shape index (κ2) is 6.71. The lowest BCUT2D eigenvalue weighted by atomic mass is 10.2. The van der Waals surface area contributed by atoms with Gasteiger partial charge in [0, 0.05) is 25.3 Å². The molecule has 7 heteroatoms. The van der Waals surface area contributed by atoms with Crippen molar-refractivity contribution < 1.29 is 9.59 Å². The Morgan fingerprint density at radius 1 is 1.52 bits per heavy atom. The molecule has 1 aliphatic carbocycles. The quantitative estimate of drug-likeness (QED) is 0.733. The highest BCUT2D eigenvalue weighted by Crippen LogP contribution is 2.18. The molecule has 0 atom stereocenters. The standard InChI is InChI=1S/C14H23N5O2/c1-10-12(8-16-19(10)7-3-6-15)14(21)18(2)9-13(20)17-11-4-5-11/h8,11H,3-7,9,15H2,1-2H3,(H,17,20). The van der Waals surface area contributed by atoms with Gasteiger partial charge in [0.15, 0.2) is 0 Å². The van der Waals surface area contributed by atoms with Gasteiger partial charge in [-0.15, -0.1) is 0 Å². The first-order chi connectivity index (χ1) is 10.0. The number of amides is 2. The molecule has 0 saturated heterocycles. The van der Waals surface area contributed by atoms with Gasteiger partial charge in [-0.05, 0) is 32.7 Å². The predicted octanol–water partition coefficient (Wildman–Crippen LogP) is -0.109. The first-order valence-corrected chi connectivity index (χ1v) is 7.30. The van der Waals surface area contributed by atoms with E-state index in [4.69, 9.17) is 5.73 Å². The van der Waals surface area contributed by atoms with Crippen LogP contribution in [-0.2, 0) is 11.3 Å². The van der Waals surface area contributed by atoms with Crippen molar-refractivity contribution in [3.05, 3.63) is 17.5 Å². The molecule has 2 amide bonds. The van der Waals surface area contributed by atoms with Crippen LogP contribution in [0, 0.1) is 6.92 Å². The highest BCUT2D eigenvalue weighted by molar-refractivity contribution is 5.97. The summed E-state index contributed by atoms with van der Waals surface area (Å²) in [5, 5.41) is 7.08. The van der Waals surface area contributed by atoms with E-state index in [2.05, 4.69) is 10.4 Å². The molecule has 1 saturated carbocycles. The number of carbonyl (C=O) groups excluding carboxylic acids is 2. The number of nitrogens with zero attached hydrogens (tertiary/aromatic N) is 3. The van der Waals surface area contributed by atoms with Gasteiger partial charge >= 0.3 is 0 Å². The fraction of sp³-hybridized carbons (Fsp3) is 0.643. The van der Waals surface area contributed by atoms with Crippen LogP contribution in [0.4, 0.5) is 0 Å². The van der Waals surface area contributed by atoms with Gasteiger partial charge in [-0.3, -0.25) is 14.3 Å². The monoisotopic (exact) mass is 293 g/mol. The number of nitrogens with one attached hydrogen (secondary N) is 1. The molecule has 1 aromatic heterocycles. The van der Waals surface area contributed by atoms with Crippen molar-refractivity contribution in [2.75, 3.05) is 20.1 Å². The number of aryl methyl sites for hydroxylation is 1. The molecule has 1 aliphatic rings. The molecule has 0 aromatic carbocycles. The maximum Gasteiger partial charge on any atom is 0.257 e. The van der Waals surface area contributed by atoms with E-state index in [1.807, 2.05) is 6.92 Å². The molecule has 0 unspecified atom stereocenters. The number of hydrogen-bond donors (Lipinski definition) is 2. The molecule has 2 rings (SSSR count). The van der Waals surface area contributed by atoms with Gasteiger partial charge in [0.05, 0.1) is 18.3 Å². The van der Waals surface area contributed by atoms with Gasteiger partial charge in [-0.1, -0.05) is 0 Å². The van der Waals surface area contributed by atoms with Crippen molar-refractivity contribution in [1.29, 1.82) is 0 Å². The maximum atomic E-state index is 12.4. The second-order valence-electron chi connectivity index (χ2n) is 5.51. The van der Waals surface area contributed by atoms with Gasteiger partial charge < -0.3 is 16.0 Å². The van der Waals surface area contributed by atoms with E-state index >= 15 is 0 Å². The van der Waals surface area contributed by atoms with E-state index in [0.717, 1.165) is 25.0 Å². The van der Waals surface area contributed by atoms with E-state index in [9.17, 15) is 9.59 Å². The number of nitrogens with two attached hydrogens (primary N) is 1. The Kier molecular flexibility index (Phi) is 4.95. The van der Waals surface area contributed by atoms with Crippen LogP contribution < -0.4 is 11.1 Å². The summed E-state index contributed by atoms with van der Waals surface area (Å²) in [6.45, 7) is 3.21. The van der Waals surface area contributed by atoms with Crippen LogP contribution in [0.2, 0.25) is 0 Å². The van der Waals surface area contributed by atoms with Crippen molar-refractivity contribution >= 4 is 11.8 Å². The lowest BCUT2D eigenvalue weighted by molar-refractivity contribution is -0.121. The SMILES string of the molecule is Cc1c(C(=O)N(C)CC(=O)NC2CC2)cnn1CCCN. The number of likely N-dealkylation sites (N-methyl/N-ethyl adjacent to an activating group) is 1. The number of carbonyl (C=O) groups is 2. The molecule has 1 aromatic rings. The average molecular weight is 293 g/mol. The molecule has 21 heavy (non-hydrogen) atoms. The Bertz CT molecular complexity index is 521. The topological polar surface area (TPSA) is 93.2 Å². The summed E-state index contributed by atoms with van der Waals surface area (Å²) in [6.07, 6.45) is 4.45. The number of rotatable bonds is 7. The zero-order chi connectivity index (χ0) is 15.4. The van der Waals surface area contributed by atoms with Crippen LogP contribution in [0.15, 0.2) is 6.20 Å². The minimum absolute atomic E-state index is 0.0722. The number of hydrogen-bond acceptors (Lipinski definition) is 4. The van der Waals surface area contributed by atoms with Crippen molar-refractivity contribution in [3.63, 3.8) is 0 Å². The molecule has 1 fully saturated rings. The largest absolute Gasteiger partial charge is 0.352 e. The average Bonchev–Trinajstić information content (AvgIpc) is 3.17. The first kappa shape index (κ1) is 15.5. The van der Waals surface area contributed by atoms with Crippen LogP contribution in [-0.4, -0.2) is 52.7 Å². The molecule has 1 heterocycles. The predicted molar refractivity (Wildman–Crippen MR) is 78.8 cm³/mol. The van der Waals surface area contributed by atoms with Crippen LogP contribution in [0.1, 0.15) is 35.3 Å². The fourth-order valence-corrected chi connectivity index (χ4v) is 2.12. The van der Waals surface area contributed by atoms with Crippen molar-refractivity contribution in [3.8, 4) is 0 Å². The van der Waals surface area contributed by atoms with Crippen LogP contribution in [0.3, 0.4) is 0 Å². The van der Waals surface area contributed by atoms with E-state index in [1.165, 1.54) is 4.90 Å². The normalized spacial score (nSPS) is 14.0. The summed E-state index contributed by atoms with van der Waals surface area (Å²) >= 11 is 0. The lowest BCUT2D eigenvalue weighted by Crippen LogP contribution is -2.39. The Labute approximate surface area is 124 Å². The minimum atomic E-state index is -0.183. The third-order valence-electron chi connectivity index (χ3n) is 3.58. The number of aromatic nitrogens is 2. The maximum absolute atomic E-state index is 12.4. The molecule has 0 spiro atoms. The van der Waals surface area contributed by atoms with Gasteiger partial charge in [0.1, 0.15) is 0 Å². The molecule has 0 bridgehead atoms. The van der Waals surface area contributed by atoms with Crippen LogP contribution >= 0.6 is 0 Å². The fourth-order valence-electron chi connectivity index (χ4n) is 2.12. The Morgan fingerprint density at radius 2 is 2.24 bits per heavy atom. The van der Waals surface area contributed by atoms with Gasteiger partial charge in [0.2, 0.25) is 5.91 Å². The van der Waals surface area contributed by atoms with Crippen molar-refractivity contribution in [2.45, 2.75) is 38.8 Å². The van der Waals surface area contributed by atoms with E-state index in [0.29, 0.717) is 24.7 Å². The molecule has 0 aliphatic heterocycles. The summed E-state index contributed by atoms with van der Waals surface area (Å²) < 4.78 is 1.78. The minimum Gasteiger partial charge on any atom is -0.352 e. The molecule has 7 nitrogen and oxygen atoms in total. The van der Waals surface area contributed by atoms with Crippen molar-refractivity contribution in [1.82, 2.24) is 20.0 Å². The van der Waals surface area contributed by atoms with E-state index in [-0.39, 0.29) is 18.4 Å². The highest BCUT2D eigenvalue weighted by Gasteiger charge is 2.25. The second-order valence-corrected chi connectivity index (χ2v) is 5.51. The van der Waals surface area contributed by atoms with Crippen LogP contribution in [0.25, 0.3) is 0 Å². The molecule has 116 valence electrons. The smallest absolute Gasteiger partial charge is 0.257 e. The van der Waals surface area contributed by atoms with E-state index < -0.39 is 0 Å².